The van der Waals surface area contributed by atoms with Crippen molar-refractivity contribution in [1.29, 1.82) is 0 Å². The van der Waals surface area contributed by atoms with Gasteiger partial charge in [-0.05, 0) is 174 Å². The van der Waals surface area contributed by atoms with E-state index < -0.39 is 0 Å². The molecular formula is C30H46O. The topological polar surface area (TPSA) is 9.23 Å². The second kappa shape index (κ2) is 7.95. The van der Waals surface area contributed by atoms with Crippen LogP contribution >= 0.6 is 0 Å². The molecule has 8 aliphatic carbocycles. The summed E-state index contributed by atoms with van der Waals surface area (Å²) in [6, 6.07) is 0. The first-order valence-electron chi connectivity index (χ1n) is 13.9. The van der Waals surface area contributed by atoms with Gasteiger partial charge in [-0.1, -0.05) is 0 Å². The predicted molar refractivity (Wildman–Crippen MR) is 128 cm³/mol. The molecule has 1 nitrogen and oxygen atoms in total. The van der Waals surface area contributed by atoms with E-state index >= 15 is 0 Å². The molecule has 0 heterocycles. The van der Waals surface area contributed by atoms with Crippen molar-refractivity contribution in [2.45, 2.75) is 117 Å². The van der Waals surface area contributed by atoms with Crippen LogP contribution in [0.2, 0.25) is 0 Å². The van der Waals surface area contributed by atoms with Crippen LogP contribution in [-0.2, 0) is 4.74 Å². The van der Waals surface area contributed by atoms with Crippen LogP contribution in [0.3, 0.4) is 0 Å². The molecule has 0 aromatic carbocycles. The summed E-state index contributed by atoms with van der Waals surface area (Å²) in [4.78, 5) is 0. The van der Waals surface area contributed by atoms with E-state index in [1.165, 1.54) is 75.4 Å². The third kappa shape index (κ3) is 4.29. The molecule has 0 spiro atoms. The van der Waals surface area contributed by atoms with Crippen molar-refractivity contribution >= 4 is 0 Å². The molecule has 0 saturated heterocycles. The predicted octanol–water partition coefficient (Wildman–Crippen LogP) is 8.80. The fraction of sp³-hybridized carbons (Fsp3) is 0.867. The molecule has 8 bridgehead atoms. The summed E-state index contributed by atoms with van der Waals surface area (Å²) in [7, 11) is 0. The summed E-state index contributed by atoms with van der Waals surface area (Å²) < 4.78 is 5.98. The van der Waals surface area contributed by atoms with Gasteiger partial charge in [-0.3, -0.25) is 0 Å². The lowest BCUT2D eigenvalue weighted by atomic mass is 9.48. The van der Waals surface area contributed by atoms with Crippen molar-refractivity contribution in [2.75, 3.05) is 0 Å². The quantitative estimate of drug-likeness (QED) is 0.355. The largest absolute Gasteiger partial charge is 0.473 e. The van der Waals surface area contributed by atoms with Crippen molar-refractivity contribution in [3.63, 3.8) is 0 Å². The van der Waals surface area contributed by atoms with Gasteiger partial charge in [0.05, 0.1) is 12.5 Å². The molecule has 0 aliphatic heterocycles. The molecular weight excluding hydrogens is 376 g/mol. The summed E-state index contributed by atoms with van der Waals surface area (Å²) in [5, 5.41) is 0. The van der Waals surface area contributed by atoms with Gasteiger partial charge < -0.3 is 4.74 Å². The third-order valence-corrected chi connectivity index (χ3v) is 11.0. The van der Waals surface area contributed by atoms with E-state index in [1.54, 1.807) is 38.5 Å². The smallest absolute Gasteiger partial charge is 0.0890 e. The minimum Gasteiger partial charge on any atom is -0.473 e. The van der Waals surface area contributed by atoms with E-state index in [1.807, 2.05) is 0 Å². The van der Waals surface area contributed by atoms with E-state index in [9.17, 15) is 0 Å². The lowest BCUT2D eigenvalue weighted by Gasteiger charge is -2.57. The normalized spacial score (nSPS) is 47.9. The van der Waals surface area contributed by atoms with Gasteiger partial charge in [-0.25, -0.2) is 0 Å². The van der Waals surface area contributed by atoms with Crippen LogP contribution in [-0.4, -0.2) is 0 Å². The highest BCUT2D eigenvalue weighted by atomic mass is 16.5. The summed E-state index contributed by atoms with van der Waals surface area (Å²) in [5.41, 5.74) is 4.29. The molecule has 8 rings (SSSR count). The number of allylic oxidation sites excluding steroid dienone is 2. The molecule has 0 amide bonds. The van der Waals surface area contributed by atoms with E-state index in [-0.39, 0.29) is 0 Å². The van der Waals surface area contributed by atoms with Crippen LogP contribution in [0, 0.1) is 46.3 Å². The van der Waals surface area contributed by atoms with Gasteiger partial charge in [0.25, 0.3) is 0 Å². The lowest BCUT2D eigenvalue weighted by molar-refractivity contribution is -0.0570. The SMILES string of the molecule is CC(=COC=C(C)CCC12CC3CC(CC(C3)C1)C2)CCC12CC3CC(CC(C3)C1)C2. The Morgan fingerprint density at radius 1 is 0.581 bits per heavy atom. The Labute approximate surface area is 191 Å². The fourth-order valence-corrected chi connectivity index (χ4v) is 10.5. The summed E-state index contributed by atoms with van der Waals surface area (Å²) >= 11 is 0. The zero-order valence-electron chi connectivity index (χ0n) is 20.3. The van der Waals surface area contributed by atoms with Gasteiger partial charge in [-0.2, -0.15) is 0 Å². The first kappa shape index (κ1) is 20.9. The Balaban J connectivity index is 0.969. The molecule has 0 radical (unpaired) electrons. The monoisotopic (exact) mass is 422 g/mol. The van der Waals surface area contributed by atoms with E-state index in [2.05, 4.69) is 26.4 Å². The van der Waals surface area contributed by atoms with Crippen molar-refractivity contribution in [1.82, 2.24) is 0 Å². The van der Waals surface area contributed by atoms with Gasteiger partial charge in [0.2, 0.25) is 0 Å². The molecule has 8 saturated carbocycles. The van der Waals surface area contributed by atoms with Gasteiger partial charge in [-0.15, -0.1) is 0 Å². The summed E-state index contributed by atoms with van der Waals surface area (Å²) in [6.45, 7) is 4.58. The Bertz CT molecular complexity index is 607. The van der Waals surface area contributed by atoms with Crippen LogP contribution in [0.1, 0.15) is 117 Å². The van der Waals surface area contributed by atoms with Crippen LogP contribution in [0.4, 0.5) is 0 Å². The molecule has 172 valence electrons. The number of rotatable bonds is 8. The van der Waals surface area contributed by atoms with Crippen LogP contribution < -0.4 is 0 Å². The van der Waals surface area contributed by atoms with Crippen molar-refractivity contribution in [3.05, 3.63) is 23.7 Å². The first-order valence-corrected chi connectivity index (χ1v) is 13.9. The van der Waals surface area contributed by atoms with Crippen molar-refractivity contribution < 1.29 is 4.74 Å². The van der Waals surface area contributed by atoms with Gasteiger partial charge in [0, 0.05) is 0 Å². The molecule has 8 aliphatic rings. The third-order valence-electron chi connectivity index (χ3n) is 11.0. The Hall–Kier alpha value is -0.720. The fourth-order valence-electron chi connectivity index (χ4n) is 10.5. The zero-order chi connectivity index (χ0) is 21.1. The van der Waals surface area contributed by atoms with Gasteiger partial charge in [0.1, 0.15) is 0 Å². The second-order valence-corrected chi connectivity index (χ2v) is 13.9. The van der Waals surface area contributed by atoms with Gasteiger partial charge >= 0.3 is 0 Å². The van der Waals surface area contributed by atoms with Crippen LogP contribution in [0.15, 0.2) is 23.7 Å². The van der Waals surface area contributed by atoms with Crippen molar-refractivity contribution in [3.8, 4) is 0 Å². The maximum absolute atomic E-state index is 5.98. The van der Waals surface area contributed by atoms with Crippen LogP contribution in [0.5, 0.6) is 0 Å². The summed E-state index contributed by atoms with van der Waals surface area (Å²) in [5.74, 6) is 6.45. The Kier molecular flexibility index (Phi) is 5.35. The number of hydrogen-bond donors (Lipinski definition) is 0. The highest BCUT2D eigenvalue weighted by Gasteiger charge is 2.51. The number of ether oxygens (including phenoxy) is 1. The maximum Gasteiger partial charge on any atom is 0.0890 e. The standard InChI is InChI=1S/C30H46O/c1-21(3-5-29-13-23-7-24(14-29)9-25(8-23)15-29)19-31-20-22(2)4-6-30-16-26-10-27(17-30)12-28(11-26)18-30/h19-20,23-28H,3-18H2,1-2H3. The summed E-state index contributed by atoms with van der Waals surface area (Å²) in [6.07, 6.45) is 28.0. The first-order chi connectivity index (χ1) is 15.0. The highest BCUT2D eigenvalue weighted by molar-refractivity contribution is 5.06. The van der Waals surface area contributed by atoms with E-state index in [0.29, 0.717) is 10.8 Å². The highest BCUT2D eigenvalue weighted by Crippen LogP contribution is 2.63. The molecule has 0 N–H and O–H groups in total. The maximum atomic E-state index is 5.98. The molecule has 0 aromatic heterocycles. The minimum atomic E-state index is 0.702. The minimum absolute atomic E-state index is 0.702. The second-order valence-electron chi connectivity index (χ2n) is 13.9. The molecule has 1 heteroatoms. The molecule has 8 fully saturated rings. The van der Waals surface area contributed by atoms with Crippen molar-refractivity contribution in [2.24, 2.45) is 46.3 Å². The molecule has 0 aromatic rings. The Morgan fingerprint density at radius 3 is 1.16 bits per heavy atom. The average Bonchev–Trinajstić information content (AvgIpc) is 2.69. The van der Waals surface area contributed by atoms with E-state index in [0.717, 1.165) is 35.5 Å². The molecule has 0 atom stereocenters. The molecule has 0 unspecified atom stereocenters. The average molecular weight is 423 g/mol. The van der Waals surface area contributed by atoms with Crippen LogP contribution in [0.25, 0.3) is 0 Å². The molecule has 31 heavy (non-hydrogen) atoms. The number of hydrogen-bond acceptors (Lipinski definition) is 1. The van der Waals surface area contributed by atoms with E-state index in [4.69, 9.17) is 4.74 Å². The zero-order valence-corrected chi connectivity index (χ0v) is 20.3. The lowest BCUT2D eigenvalue weighted by Crippen LogP contribution is -2.45. The van der Waals surface area contributed by atoms with Gasteiger partial charge in [0.15, 0.2) is 0 Å². The Morgan fingerprint density at radius 2 is 0.871 bits per heavy atom.